The van der Waals surface area contributed by atoms with Gasteiger partial charge in [0.25, 0.3) is 0 Å². The molecule has 0 amide bonds. The number of carbonyl (C=O) groups is 1. The summed E-state index contributed by atoms with van der Waals surface area (Å²) in [6, 6.07) is 18.1. The first-order chi connectivity index (χ1) is 15.4. The van der Waals surface area contributed by atoms with Crippen LogP contribution in [0.3, 0.4) is 0 Å². The first-order valence-corrected chi connectivity index (χ1v) is 11.3. The van der Waals surface area contributed by atoms with E-state index in [1.807, 2.05) is 41.0 Å². The minimum absolute atomic E-state index is 0.0272. The number of hydrogen-bond acceptors (Lipinski definition) is 5. The van der Waals surface area contributed by atoms with Gasteiger partial charge in [0.05, 0.1) is 28.1 Å². The predicted octanol–water partition coefficient (Wildman–Crippen LogP) is 3.82. The Morgan fingerprint density at radius 1 is 1.09 bits per heavy atom. The van der Waals surface area contributed by atoms with Gasteiger partial charge >= 0.3 is 5.97 Å². The highest BCUT2D eigenvalue weighted by Gasteiger charge is 2.20. The number of ether oxygens (including phenoxy) is 1. The Kier molecular flexibility index (Phi) is 6.02. The molecule has 7 nitrogen and oxygen atoms in total. The second-order valence-electron chi connectivity index (χ2n) is 6.96. The largest absolute Gasteiger partial charge is 0.462 e. The van der Waals surface area contributed by atoms with Crippen molar-refractivity contribution >= 4 is 27.0 Å². The SMILES string of the molecule is CCOC(=O)c1cc(S(=O)(=O)NCc2ccc(-n3cnc4ccccc43)cc2)ccc1F. The van der Waals surface area contributed by atoms with Crippen LogP contribution < -0.4 is 4.72 Å². The molecule has 0 aliphatic heterocycles. The van der Waals surface area contributed by atoms with Crippen LogP contribution in [0, 0.1) is 5.82 Å². The zero-order chi connectivity index (χ0) is 22.7. The Bertz CT molecular complexity index is 1380. The molecule has 0 unspecified atom stereocenters. The minimum Gasteiger partial charge on any atom is -0.462 e. The summed E-state index contributed by atoms with van der Waals surface area (Å²) in [5.41, 5.74) is 3.05. The Hall–Kier alpha value is -3.56. The highest BCUT2D eigenvalue weighted by molar-refractivity contribution is 7.89. The lowest BCUT2D eigenvalue weighted by atomic mass is 10.2. The van der Waals surface area contributed by atoms with Crippen molar-refractivity contribution in [3.05, 3.63) is 90.0 Å². The fourth-order valence-electron chi connectivity index (χ4n) is 3.24. The Morgan fingerprint density at radius 2 is 1.84 bits per heavy atom. The molecule has 0 atom stereocenters. The second-order valence-corrected chi connectivity index (χ2v) is 8.72. The van der Waals surface area contributed by atoms with Crippen molar-refractivity contribution in [3.63, 3.8) is 0 Å². The van der Waals surface area contributed by atoms with E-state index in [4.69, 9.17) is 4.74 Å². The third kappa shape index (κ3) is 4.39. The van der Waals surface area contributed by atoms with E-state index in [1.165, 1.54) is 0 Å². The zero-order valence-corrected chi connectivity index (χ0v) is 18.0. The third-order valence-corrected chi connectivity index (χ3v) is 6.28. The number of nitrogens with zero attached hydrogens (tertiary/aromatic N) is 2. The molecule has 4 rings (SSSR count). The maximum absolute atomic E-state index is 13.9. The number of sulfonamides is 1. The fraction of sp³-hybridized carbons (Fsp3) is 0.130. The lowest BCUT2D eigenvalue weighted by Crippen LogP contribution is -2.23. The molecule has 0 aliphatic rings. The average Bonchev–Trinajstić information content (AvgIpc) is 3.22. The van der Waals surface area contributed by atoms with Gasteiger partial charge in [-0.15, -0.1) is 0 Å². The van der Waals surface area contributed by atoms with Crippen molar-refractivity contribution in [2.45, 2.75) is 18.4 Å². The van der Waals surface area contributed by atoms with E-state index in [-0.39, 0.29) is 18.0 Å². The van der Waals surface area contributed by atoms with Gasteiger partial charge in [-0.3, -0.25) is 4.57 Å². The highest BCUT2D eigenvalue weighted by atomic mass is 32.2. The van der Waals surface area contributed by atoms with Crippen molar-refractivity contribution in [1.82, 2.24) is 14.3 Å². The summed E-state index contributed by atoms with van der Waals surface area (Å²) >= 11 is 0. The first kappa shape index (κ1) is 21.7. The molecule has 164 valence electrons. The topological polar surface area (TPSA) is 90.3 Å². The summed E-state index contributed by atoms with van der Waals surface area (Å²) in [5, 5.41) is 0. The Labute approximate surface area is 184 Å². The Balaban J connectivity index is 1.50. The van der Waals surface area contributed by atoms with Gasteiger partial charge in [0.15, 0.2) is 0 Å². The highest BCUT2D eigenvalue weighted by Crippen LogP contribution is 2.19. The molecule has 9 heteroatoms. The molecule has 32 heavy (non-hydrogen) atoms. The van der Waals surface area contributed by atoms with E-state index >= 15 is 0 Å². The van der Waals surface area contributed by atoms with E-state index in [9.17, 15) is 17.6 Å². The van der Waals surface area contributed by atoms with Crippen LogP contribution in [-0.4, -0.2) is 30.5 Å². The summed E-state index contributed by atoms with van der Waals surface area (Å²) < 4.78 is 48.4. The van der Waals surface area contributed by atoms with E-state index < -0.39 is 27.4 Å². The lowest BCUT2D eigenvalue weighted by Gasteiger charge is -2.10. The van der Waals surface area contributed by atoms with Gasteiger partial charge in [-0.1, -0.05) is 24.3 Å². The standard InChI is InChI=1S/C23H20FN3O4S/c1-2-31-23(28)19-13-18(11-12-20(19)24)32(29,30)26-14-16-7-9-17(10-8-16)27-15-25-21-5-3-4-6-22(21)27/h3-13,15,26H,2,14H2,1H3. The summed E-state index contributed by atoms with van der Waals surface area (Å²) in [5.74, 6) is -1.75. The molecular formula is C23H20FN3O4S. The van der Waals surface area contributed by atoms with Gasteiger partial charge < -0.3 is 4.74 Å². The van der Waals surface area contributed by atoms with Gasteiger partial charge in [-0.05, 0) is 55.0 Å². The van der Waals surface area contributed by atoms with E-state index in [0.717, 1.165) is 40.5 Å². The van der Waals surface area contributed by atoms with Crippen molar-refractivity contribution in [1.29, 1.82) is 0 Å². The first-order valence-electron chi connectivity index (χ1n) is 9.87. The van der Waals surface area contributed by atoms with Crippen LogP contribution in [-0.2, 0) is 21.3 Å². The van der Waals surface area contributed by atoms with Crippen LogP contribution in [0.15, 0.2) is 78.0 Å². The molecule has 4 aromatic rings. The van der Waals surface area contributed by atoms with Crippen LogP contribution in [0.25, 0.3) is 16.7 Å². The number of halogens is 1. The fourth-order valence-corrected chi connectivity index (χ4v) is 4.28. The minimum atomic E-state index is -3.97. The summed E-state index contributed by atoms with van der Waals surface area (Å²) in [6.45, 7) is 1.66. The van der Waals surface area contributed by atoms with Gasteiger partial charge in [-0.25, -0.2) is 27.3 Å². The lowest BCUT2D eigenvalue weighted by molar-refractivity contribution is 0.0520. The average molecular weight is 453 g/mol. The van der Waals surface area contributed by atoms with Crippen molar-refractivity contribution in [2.24, 2.45) is 0 Å². The number of hydrogen-bond donors (Lipinski definition) is 1. The number of imidazole rings is 1. The normalized spacial score (nSPS) is 11.6. The molecule has 0 spiro atoms. The molecular weight excluding hydrogens is 433 g/mol. The van der Waals surface area contributed by atoms with Crippen LogP contribution >= 0.6 is 0 Å². The van der Waals surface area contributed by atoms with E-state index in [2.05, 4.69) is 9.71 Å². The third-order valence-electron chi connectivity index (χ3n) is 4.88. The molecule has 0 fully saturated rings. The maximum Gasteiger partial charge on any atom is 0.341 e. The van der Waals surface area contributed by atoms with E-state index in [0.29, 0.717) is 0 Å². The summed E-state index contributed by atoms with van der Waals surface area (Å²) in [6.07, 6.45) is 1.73. The van der Waals surface area contributed by atoms with Crippen LogP contribution in [0.2, 0.25) is 0 Å². The number of rotatable bonds is 7. The Morgan fingerprint density at radius 3 is 2.59 bits per heavy atom. The molecule has 0 radical (unpaired) electrons. The number of para-hydroxylation sites is 2. The molecule has 1 N–H and O–H groups in total. The van der Waals surface area contributed by atoms with Gasteiger partial charge in [0, 0.05) is 12.2 Å². The number of benzene rings is 3. The number of aromatic nitrogens is 2. The van der Waals surface area contributed by atoms with Crippen molar-refractivity contribution in [2.75, 3.05) is 6.61 Å². The molecule has 0 bridgehead atoms. The van der Waals surface area contributed by atoms with Crippen molar-refractivity contribution in [3.8, 4) is 5.69 Å². The van der Waals surface area contributed by atoms with Crippen LogP contribution in [0.5, 0.6) is 0 Å². The second kappa shape index (κ2) is 8.89. The van der Waals surface area contributed by atoms with E-state index in [1.54, 1.807) is 25.4 Å². The number of esters is 1. The van der Waals surface area contributed by atoms with Crippen molar-refractivity contribution < 1.29 is 22.3 Å². The maximum atomic E-state index is 13.9. The number of nitrogens with one attached hydrogen (secondary N) is 1. The summed E-state index contributed by atoms with van der Waals surface area (Å²) in [4.78, 5) is 16.0. The van der Waals surface area contributed by atoms with Crippen LogP contribution in [0.1, 0.15) is 22.8 Å². The molecule has 0 saturated heterocycles. The predicted molar refractivity (Wildman–Crippen MR) is 117 cm³/mol. The van der Waals surface area contributed by atoms with Gasteiger partial charge in [0.1, 0.15) is 12.1 Å². The quantitative estimate of drug-likeness (QED) is 0.430. The van der Waals surface area contributed by atoms with Gasteiger partial charge in [-0.2, -0.15) is 0 Å². The molecule has 3 aromatic carbocycles. The van der Waals surface area contributed by atoms with Crippen LogP contribution in [0.4, 0.5) is 4.39 Å². The molecule has 0 saturated carbocycles. The molecule has 1 heterocycles. The molecule has 1 aromatic heterocycles. The van der Waals surface area contributed by atoms with Gasteiger partial charge in [0.2, 0.25) is 10.0 Å². The zero-order valence-electron chi connectivity index (χ0n) is 17.2. The smallest absolute Gasteiger partial charge is 0.341 e. The number of carbonyl (C=O) groups excluding carboxylic acids is 1. The monoisotopic (exact) mass is 453 g/mol. The summed E-state index contributed by atoms with van der Waals surface area (Å²) in [7, 11) is -3.97. The molecule has 0 aliphatic carbocycles. The number of fused-ring (bicyclic) bond motifs is 1.